The highest BCUT2D eigenvalue weighted by molar-refractivity contribution is 7.10. The summed E-state index contributed by atoms with van der Waals surface area (Å²) >= 11 is 1.73. The maximum atomic E-state index is 5.99. The van der Waals surface area contributed by atoms with Crippen LogP contribution in [0.1, 0.15) is 29.8 Å². The molecular weight excluding hydrogens is 202 g/mol. The molecule has 0 saturated heterocycles. The fourth-order valence-electron chi connectivity index (χ4n) is 1.23. The van der Waals surface area contributed by atoms with Crippen LogP contribution >= 0.6 is 23.7 Å². The second-order valence-corrected chi connectivity index (χ2v) is 4.18. The minimum absolute atomic E-state index is 0. The SMILES string of the molecule is C=C(C)C[C@H](N)c1sccc1C.Cl. The van der Waals surface area contributed by atoms with Crippen molar-refractivity contribution in [3.05, 3.63) is 34.0 Å². The lowest BCUT2D eigenvalue weighted by Gasteiger charge is -2.10. The summed E-state index contributed by atoms with van der Waals surface area (Å²) in [5, 5.41) is 2.09. The summed E-state index contributed by atoms with van der Waals surface area (Å²) in [6, 6.07) is 2.25. The minimum Gasteiger partial charge on any atom is -0.323 e. The van der Waals surface area contributed by atoms with Crippen LogP contribution in [-0.2, 0) is 0 Å². The average Bonchev–Trinajstić information content (AvgIpc) is 2.33. The van der Waals surface area contributed by atoms with Crippen molar-refractivity contribution in [2.45, 2.75) is 26.3 Å². The molecule has 0 aliphatic heterocycles. The van der Waals surface area contributed by atoms with Crippen molar-refractivity contribution < 1.29 is 0 Å². The van der Waals surface area contributed by atoms with Crippen molar-refractivity contribution in [1.29, 1.82) is 0 Å². The predicted octanol–water partition coefficient (Wildman–Crippen LogP) is 3.44. The number of hydrogen-bond donors (Lipinski definition) is 1. The van der Waals surface area contributed by atoms with Crippen molar-refractivity contribution in [2.75, 3.05) is 0 Å². The van der Waals surface area contributed by atoms with E-state index in [0.717, 1.165) is 12.0 Å². The zero-order chi connectivity index (χ0) is 9.14. The van der Waals surface area contributed by atoms with Gasteiger partial charge in [-0.2, -0.15) is 0 Å². The maximum absolute atomic E-state index is 5.99. The Morgan fingerprint density at radius 1 is 1.69 bits per heavy atom. The van der Waals surface area contributed by atoms with E-state index < -0.39 is 0 Å². The standard InChI is InChI=1S/C10H15NS.ClH/c1-7(2)6-9(11)10-8(3)4-5-12-10;/h4-5,9H,1,6,11H2,2-3H3;1H/t9-;/m0./s1. The lowest BCUT2D eigenvalue weighted by molar-refractivity contribution is 0.727. The van der Waals surface area contributed by atoms with Crippen LogP contribution < -0.4 is 5.73 Å². The van der Waals surface area contributed by atoms with Crippen molar-refractivity contribution >= 4 is 23.7 Å². The van der Waals surface area contributed by atoms with Gasteiger partial charge in [0.15, 0.2) is 0 Å². The number of thiophene rings is 1. The summed E-state index contributed by atoms with van der Waals surface area (Å²) in [6.07, 6.45) is 0.890. The number of hydrogen-bond acceptors (Lipinski definition) is 2. The summed E-state index contributed by atoms with van der Waals surface area (Å²) in [5.74, 6) is 0. The van der Waals surface area contributed by atoms with Gasteiger partial charge in [-0.05, 0) is 37.3 Å². The summed E-state index contributed by atoms with van der Waals surface area (Å²) < 4.78 is 0. The van der Waals surface area contributed by atoms with Crippen LogP contribution in [0.15, 0.2) is 23.6 Å². The first-order valence-electron chi connectivity index (χ1n) is 4.05. The van der Waals surface area contributed by atoms with Gasteiger partial charge in [-0.15, -0.1) is 30.3 Å². The Morgan fingerprint density at radius 3 is 2.69 bits per heavy atom. The highest BCUT2D eigenvalue weighted by Crippen LogP contribution is 2.25. The van der Waals surface area contributed by atoms with Gasteiger partial charge in [0.25, 0.3) is 0 Å². The predicted molar refractivity (Wildman–Crippen MR) is 62.7 cm³/mol. The van der Waals surface area contributed by atoms with Gasteiger partial charge in [-0.3, -0.25) is 0 Å². The highest BCUT2D eigenvalue weighted by atomic mass is 35.5. The molecular formula is C10H16ClNS. The largest absolute Gasteiger partial charge is 0.323 e. The first kappa shape index (κ1) is 12.7. The molecule has 0 spiro atoms. The van der Waals surface area contributed by atoms with Gasteiger partial charge in [-0.1, -0.05) is 5.57 Å². The van der Waals surface area contributed by atoms with E-state index in [-0.39, 0.29) is 18.4 Å². The Hall–Kier alpha value is -0.310. The van der Waals surface area contributed by atoms with E-state index in [4.69, 9.17) is 5.73 Å². The molecule has 0 unspecified atom stereocenters. The quantitative estimate of drug-likeness (QED) is 0.772. The van der Waals surface area contributed by atoms with Gasteiger partial charge in [0.2, 0.25) is 0 Å². The molecule has 3 heteroatoms. The fourth-order valence-corrected chi connectivity index (χ4v) is 2.16. The lowest BCUT2D eigenvalue weighted by atomic mass is 10.1. The topological polar surface area (TPSA) is 26.0 Å². The normalized spacial score (nSPS) is 11.9. The van der Waals surface area contributed by atoms with E-state index >= 15 is 0 Å². The van der Waals surface area contributed by atoms with Crippen molar-refractivity contribution in [2.24, 2.45) is 5.73 Å². The van der Waals surface area contributed by atoms with Crippen LogP contribution in [0, 0.1) is 6.92 Å². The van der Waals surface area contributed by atoms with Gasteiger partial charge >= 0.3 is 0 Å². The van der Waals surface area contributed by atoms with E-state index in [9.17, 15) is 0 Å². The smallest absolute Gasteiger partial charge is 0.0429 e. The number of halogens is 1. The Kier molecular flexibility index (Phi) is 5.30. The third-order valence-corrected chi connectivity index (χ3v) is 2.96. The number of nitrogens with two attached hydrogens (primary N) is 1. The molecule has 0 fully saturated rings. The van der Waals surface area contributed by atoms with E-state index in [1.54, 1.807) is 11.3 Å². The molecule has 0 aromatic carbocycles. The van der Waals surface area contributed by atoms with Crippen LogP contribution in [0.5, 0.6) is 0 Å². The van der Waals surface area contributed by atoms with Crippen LogP contribution in [0.2, 0.25) is 0 Å². The molecule has 0 aliphatic carbocycles. The first-order chi connectivity index (χ1) is 5.61. The first-order valence-corrected chi connectivity index (χ1v) is 4.93. The molecule has 1 nitrogen and oxygen atoms in total. The molecule has 13 heavy (non-hydrogen) atoms. The molecule has 1 aromatic heterocycles. The van der Waals surface area contributed by atoms with Gasteiger partial charge in [-0.25, -0.2) is 0 Å². The van der Waals surface area contributed by atoms with E-state index in [0.29, 0.717) is 0 Å². The lowest BCUT2D eigenvalue weighted by Crippen LogP contribution is -2.09. The summed E-state index contributed by atoms with van der Waals surface area (Å²) in [4.78, 5) is 1.29. The zero-order valence-electron chi connectivity index (χ0n) is 8.04. The van der Waals surface area contributed by atoms with Crippen molar-refractivity contribution in [1.82, 2.24) is 0 Å². The van der Waals surface area contributed by atoms with Crippen molar-refractivity contribution in [3.63, 3.8) is 0 Å². The van der Waals surface area contributed by atoms with E-state index in [1.807, 2.05) is 6.92 Å². The summed E-state index contributed by atoms with van der Waals surface area (Å²) in [7, 11) is 0. The summed E-state index contributed by atoms with van der Waals surface area (Å²) in [6.45, 7) is 7.98. The summed E-state index contributed by atoms with van der Waals surface area (Å²) in [5.41, 5.74) is 8.44. The molecule has 0 amide bonds. The number of rotatable bonds is 3. The molecule has 0 aliphatic rings. The molecule has 2 N–H and O–H groups in total. The Balaban J connectivity index is 0.00000144. The van der Waals surface area contributed by atoms with E-state index in [2.05, 4.69) is 24.9 Å². The van der Waals surface area contributed by atoms with Crippen LogP contribution in [0.25, 0.3) is 0 Å². The van der Waals surface area contributed by atoms with Crippen LogP contribution in [0.3, 0.4) is 0 Å². The Labute approximate surface area is 90.1 Å². The minimum atomic E-state index is 0. The number of aryl methyl sites for hydroxylation is 1. The third-order valence-electron chi connectivity index (χ3n) is 1.81. The highest BCUT2D eigenvalue weighted by Gasteiger charge is 2.09. The average molecular weight is 218 g/mol. The molecule has 74 valence electrons. The molecule has 1 rings (SSSR count). The maximum Gasteiger partial charge on any atom is 0.0429 e. The Bertz CT molecular complexity index is 280. The molecule has 0 saturated carbocycles. The molecule has 0 radical (unpaired) electrons. The Morgan fingerprint density at radius 2 is 2.31 bits per heavy atom. The molecule has 1 heterocycles. The van der Waals surface area contributed by atoms with Gasteiger partial charge in [0, 0.05) is 10.9 Å². The van der Waals surface area contributed by atoms with Gasteiger partial charge < -0.3 is 5.73 Å². The second kappa shape index (κ2) is 5.43. The zero-order valence-corrected chi connectivity index (χ0v) is 9.67. The molecule has 1 aromatic rings. The fraction of sp³-hybridized carbons (Fsp3) is 0.400. The molecule has 1 atom stereocenters. The van der Waals surface area contributed by atoms with Crippen LogP contribution in [-0.4, -0.2) is 0 Å². The van der Waals surface area contributed by atoms with Gasteiger partial charge in [0.05, 0.1) is 0 Å². The van der Waals surface area contributed by atoms with Crippen molar-refractivity contribution in [3.8, 4) is 0 Å². The third kappa shape index (κ3) is 3.51. The second-order valence-electron chi connectivity index (χ2n) is 3.24. The monoisotopic (exact) mass is 217 g/mol. The van der Waals surface area contributed by atoms with Gasteiger partial charge in [0.1, 0.15) is 0 Å². The molecule has 0 bridgehead atoms. The van der Waals surface area contributed by atoms with E-state index in [1.165, 1.54) is 10.4 Å². The van der Waals surface area contributed by atoms with Crippen LogP contribution in [0.4, 0.5) is 0 Å².